The molecule has 0 fully saturated rings. The van der Waals surface area contributed by atoms with Crippen molar-refractivity contribution in [3.8, 4) is 0 Å². The molecule has 12 heteroatoms. The molecule has 0 heterocycles. The molecule has 1 unspecified atom stereocenters. The summed E-state index contributed by atoms with van der Waals surface area (Å²) in [5, 5.41) is 8.35. The first-order valence-corrected chi connectivity index (χ1v) is 6.38. The fourth-order valence-electron chi connectivity index (χ4n) is 0.305. The van der Waals surface area contributed by atoms with Gasteiger partial charge in [-0.15, -0.1) is 0 Å². The fourth-order valence-corrected chi connectivity index (χ4v) is 0.914. The standard InChI is InChI=1S/C3H8O4S.CHF3O3S/c1-3(4)2-8(5,6)7;2-1(3,4)8(5,6)7/h3-4H,2H2,1H3,(H,5,6,7);(H,5,6,7). The SMILES string of the molecule is CC(O)CS(=O)(=O)O.O=S(=O)(O)C(F)(F)F. The van der Waals surface area contributed by atoms with E-state index in [0.717, 1.165) is 0 Å². The Hall–Kier alpha value is -0.430. The van der Waals surface area contributed by atoms with E-state index in [4.69, 9.17) is 22.6 Å². The van der Waals surface area contributed by atoms with Gasteiger partial charge in [0.1, 0.15) is 5.75 Å². The van der Waals surface area contributed by atoms with E-state index in [2.05, 4.69) is 0 Å². The highest BCUT2D eigenvalue weighted by Gasteiger charge is 2.44. The number of hydrogen-bond acceptors (Lipinski definition) is 5. The van der Waals surface area contributed by atoms with Crippen LogP contribution in [-0.2, 0) is 20.2 Å². The molecule has 0 bridgehead atoms. The molecule has 0 aliphatic rings. The van der Waals surface area contributed by atoms with Crippen LogP contribution in [0.2, 0.25) is 0 Å². The Kier molecular flexibility index (Phi) is 6.47. The van der Waals surface area contributed by atoms with Gasteiger partial charge < -0.3 is 5.11 Å². The van der Waals surface area contributed by atoms with Crippen LogP contribution < -0.4 is 0 Å². The molecule has 7 nitrogen and oxygen atoms in total. The summed E-state index contributed by atoms with van der Waals surface area (Å²) in [7, 11) is -9.81. The Labute approximate surface area is 89.4 Å². The average molecular weight is 290 g/mol. The fraction of sp³-hybridized carbons (Fsp3) is 1.00. The van der Waals surface area contributed by atoms with Crippen LogP contribution in [0.1, 0.15) is 6.92 Å². The van der Waals surface area contributed by atoms with E-state index in [1.54, 1.807) is 0 Å². The summed E-state index contributed by atoms with van der Waals surface area (Å²) in [5.74, 6) is -0.590. The maximum atomic E-state index is 10.7. The summed E-state index contributed by atoms with van der Waals surface area (Å²) < 4.78 is 85.2. The lowest BCUT2D eigenvalue weighted by Crippen LogP contribution is -2.21. The maximum absolute atomic E-state index is 10.7. The lowest BCUT2D eigenvalue weighted by molar-refractivity contribution is -0.0510. The van der Waals surface area contributed by atoms with Crippen LogP contribution in [0.5, 0.6) is 0 Å². The minimum Gasteiger partial charge on any atom is -0.392 e. The third kappa shape index (κ3) is 11.6. The van der Waals surface area contributed by atoms with Gasteiger partial charge in [-0.2, -0.15) is 30.0 Å². The van der Waals surface area contributed by atoms with E-state index in [1.165, 1.54) is 6.92 Å². The van der Waals surface area contributed by atoms with Crippen LogP contribution in [0.3, 0.4) is 0 Å². The van der Waals surface area contributed by atoms with Crippen molar-refractivity contribution >= 4 is 20.2 Å². The lowest BCUT2D eigenvalue weighted by atomic mass is 10.5. The Morgan fingerprint density at radius 2 is 1.38 bits per heavy atom. The Balaban J connectivity index is 0. The number of rotatable bonds is 2. The number of aliphatic hydroxyl groups is 1. The van der Waals surface area contributed by atoms with Gasteiger partial charge >= 0.3 is 15.6 Å². The Morgan fingerprint density at radius 1 is 1.12 bits per heavy atom. The van der Waals surface area contributed by atoms with Crippen molar-refractivity contribution < 1.29 is 44.2 Å². The zero-order valence-corrected chi connectivity index (χ0v) is 9.34. The molecule has 0 aromatic heterocycles. The smallest absolute Gasteiger partial charge is 0.392 e. The third-order valence-electron chi connectivity index (χ3n) is 0.744. The van der Waals surface area contributed by atoms with E-state index in [9.17, 15) is 21.6 Å². The van der Waals surface area contributed by atoms with Crippen molar-refractivity contribution in [2.45, 2.75) is 18.5 Å². The van der Waals surface area contributed by atoms with E-state index in [-0.39, 0.29) is 0 Å². The lowest BCUT2D eigenvalue weighted by Gasteiger charge is -1.97. The molecule has 0 radical (unpaired) electrons. The molecule has 0 spiro atoms. The quantitative estimate of drug-likeness (QED) is 0.468. The van der Waals surface area contributed by atoms with Crippen LogP contribution in [0, 0.1) is 0 Å². The van der Waals surface area contributed by atoms with Gasteiger partial charge in [-0.25, -0.2) is 0 Å². The molecular formula is C4H9F3O7S2. The van der Waals surface area contributed by atoms with Gasteiger partial charge in [0.2, 0.25) is 0 Å². The van der Waals surface area contributed by atoms with E-state index in [0.29, 0.717) is 0 Å². The highest BCUT2D eigenvalue weighted by Crippen LogP contribution is 2.20. The molecule has 16 heavy (non-hydrogen) atoms. The summed E-state index contributed by atoms with van der Waals surface area (Å²) in [6.07, 6.45) is -0.995. The molecule has 100 valence electrons. The van der Waals surface area contributed by atoms with Crippen molar-refractivity contribution in [3.63, 3.8) is 0 Å². The van der Waals surface area contributed by atoms with Crippen LogP contribution in [0.25, 0.3) is 0 Å². The summed E-state index contributed by atoms with van der Waals surface area (Å²) >= 11 is 0. The van der Waals surface area contributed by atoms with Gasteiger partial charge in [-0.1, -0.05) is 0 Å². The largest absolute Gasteiger partial charge is 0.522 e. The Morgan fingerprint density at radius 3 is 1.38 bits per heavy atom. The number of hydrogen-bond donors (Lipinski definition) is 3. The molecule has 0 aromatic carbocycles. The molecular weight excluding hydrogens is 281 g/mol. The first kappa shape index (κ1) is 17.9. The second kappa shape index (κ2) is 5.77. The van der Waals surface area contributed by atoms with Gasteiger partial charge in [0.05, 0.1) is 6.10 Å². The molecule has 0 aliphatic heterocycles. The summed E-state index contributed by atoms with van der Waals surface area (Å²) in [6.45, 7) is 1.29. The molecule has 1 atom stereocenters. The monoisotopic (exact) mass is 290 g/mol. The van der Waals surface area contributed by atoms with E-state index < -0.39 is 37.6 Å². The summed E-state index contributed by atoms with van der Waals surface area (Å²) in [5.41, 5.74) is -5.53. The summed E-state index contributed by atoms with van der Waals surface area (Å²) in [4.78, 5) is 0. The molecule has 0 amide bonds. The zero-order valence-electron chi connectivity index (χ0n) is 7.71. The van der Waals surface area contributed by atoms with E-state index >= 15 is 0 Å². The first-order valence-electron chi connectivity index (χ1n) is 3.34. The predicted molar refractivity (Wildman–Crippen MR) is 45.7 cm³/mol. The maximum Gasteiger partial charge on any atom is 0.522 e. The molecule has 3 N–H and O–H groups in total. The Bertz CT molecular complexity index is 392. The minimum absolute atomic E-state index is 0.590. The van der Waals surface area contributed by atoms with Gasteiger partial charge in [-0.05, 0) is 6.92 Å². The second-order valence-corrected chi connectivity index (χ2v) is 5.43. The van der Waals surface area contributed by atoms with Gasteiger partial charge in [-0.3, -0.25) is 9.11 Å². The van der Waals surface area contributed by atoms with Crippen molar-refractivity contribution in [2.24, 2.45) is 0 Å². The van der Waals surface area contributed by atoms with Crippen molar-refractivity contribution in [1.29, 1.82) is 0 Å². The second-order valence-electron chi connectivity index (χ2n) is 2.52. The molecule has 0 rings (SSSR count). The normalized spacial score (nSPS) is 14.9. The molecule has 0 aromatic rings. The van der Waals surface area contributed by atoms with Crippen molar-refractivity contribution in [1.82, 2.24) is 0 Å². The van der Waals surface area contributed by atoms with E-state index in [1.807, 2.05) is 0 Å². The third-order valence-corrected chi connectivity index (χ3v) is 2.23. The number of halogens is 3. The van der Waals surface area contributed by atoms with Gasteiger partial charge in [0.15, 0.2) is 0 Å². The van der Waals surface area contributed by atoms with Gasteiger partial charge in [0.25, 0.3) is 10.1 Å². The van der Waals surface area contributed by atoms with Crippen LogP contribution in [0.4, 0.5) is 13.2 Å². The number of alkyl halides is 3. The van der Waals surface area contributed by atoms with Crippen LogP contribution in [-0.4, -0.2) is 48.4 Å². The highest BCUT2D eigenvalue weighted by molar-refractivity contribution is 7.86. The zero-order chi connectivity index (χ0) is 13.8. The number of aliphatic hydroxyl groups excluding tert-OH is 1. The van der Waals surface area contributed by atoms with Crippen LogP contribution >= 0.6 is 0 Å². The average Bonchev–Trinajstić information content (AvgIpc) is 1.74. The predicted octanol–water partition coefficient (Wildman–Crippen LogP) is -0.351. The van der Waals surface area contributed by atoms with Crippen LogP contribution in [0.15, 0.2) is 0 Å². The molecule has 0 saturated carbocycles. The summed E-state index contributed by atoms with van der Waals surface area (Å²) in [6, 6.07) is 0. The minimum atomic E-state index is -5.84. The molecule has 0 saturated heterocycles. The highest BCUT2D eigenvalue weighted by atomic mass is 32.2. The topological polar surface area (TPSA) is 129 Å². The van der Waals surface area contributed by atoms with Gasteiger partial charge in [0, 0.05) is 0 Å². The van der Waals surface area contributed by atoms with Crippen molar-refractivity contribution in [3.05, 3.63) is 0 Å². The van der Waals surface area contributed by atoms with Crippen molar-refractivity contribution in [2.75, 3.05) is 5.75 Å². The molecule has 0 aliphatic carbocycles. The first-order chi connectivity index (χ1) is 6.67.